The summed E-state index contributed by atoms with van der Waals surface area (Å²) in [4.78, 5) is 33.2. The van der Waals surface area contributed by atoms with Crippen molar-refractivity contribution in [2.24, 2.45) is 5.73 Å². The zero-order valence-electron chi connectivity index (χ0n) is 16.7. The van der Waals surface area contributed by atoms with Gasteiger partial charge >= 0.3 is 6.09 Å². The van der Waals surface area contributed by atoms with E-state index < -0.39 is 11.1 Å². The highest BCUT2D eigenvalue weighted by Crippen LogP contribution is 2.38. The minimum absolute atomic E-state index is 0.0722. The van der Waals surface area contributed by atoms with E-state index in [0.717, 1.165) is 39.0 Å². The predicted octanol–water partition coefficient (Wildman–Crippen LogP) is -0.0730. The molecule has 3 aliphatic heterocycles. The van der Waals surface area contributed by atoms with Gasteiger partial charge in [0.15, 0.2) is 0 Å². The monoisotopic (exact) mass is 379 g/mol. The molecule has 2 N–H and O–H groups in total. The van der Waals surface area contributed by atoms with Crippen molar-refractivity contribution >= 4 is 12.0 Å². The highest BCUT2D eigenvalue weighted by molar-refractivity contribution is 5.89. The molecule has 0 unspecified atom stereocenters. The highest BCUT2D eigenvalue weighted by atomic mass is 16.6. The molecule has 3 heterocycles. The number of carbonyl (C=O) groups is 2. The van der Waals surface area contributed by atoms with Crippen LogP contribution in [0.2, 0.25) is 0 Å². The summed E-state index contributed by atoms with van der Waals surface area (Å²) in [7, 11) is 4.26. The number of ether oxygens (including phenoxy) is 1. The summed E-state index contributed by atoms with van der Waals surface area (Å²) >= 11 is 0. The van der Waals surface area contributed by atoms with Gasteiger partial charge in [-0.2, -0.15) is 0 Å². The van der Waals surface area contributed by atoms with Crippen LogP contribution in [0.15, 0.2) is 0 Å². The maximum Gasteiger partial charge on any atom is 0.410 e. The fourth-order valence-corrected chi connectivity index (χ4v) is 4.60. The van der Waals surface area contributed by atoms with Gasteiger partial charge in [0.25, 0.3) is 0 Å². The number of hydrogen-bond donors (Lipinski definition) is 1. The second-order valence-electron chi connectivity index (χ2n) is 9.13. The first kappa shape index (κ1) is 19.0. The average molecular weight is 380 g/mol. The van der Waals surface area contributed by atoms with E-state index >= 15 is 0 Å². The Morgan fingerprint density at radius 2 is 1.89 bits per heavy atom. The highest BCUT2D eigenvalue weighted by Gasteiger charge is 2.52. The van der Waals surface area contributed by atoms with E-state index in [-0.39, 0.29) is 12.0 Å². The Hall–Kier alpha value is -1.38. The Bertz CT molecular complexity index is 598. The molecule has 1 atom stereocenters. The molecule has 4 rings (SSSR count). The summed E-state index contributed by atoms with van der Waals surface area (Å²) in [5, 5.41) is 0. The molecule has 1 aliphatic carbocycles. The van der Waals surface area contributed by atoms with Crippen molar-refractivity contribution in [1.29, 1.82) is 0 Å². The fraction of sp³-hybridized carbons (Fsp3) is 0.895. The molecule has 0 aromatic rings. The Labute approximate surface area is 161 Å². The van der Waals surface area contributed by atoms with Crippen LogP contribution in [0.3, 0.4) is 0 Å². The first-order chi connectivity index (χ1) is 12.8. The molecule has 4 aliphatic rings. The van der Waals surface area contributed by atoms with Crippen molar-refractivity contribution in [3.63, 3.8) is 0 Å². The van der Waals surface area contributed by atoms with E-state index in [1.807, 2.05) is 9.80 Å². The molecule has 8 nitrogen and oxygen atoms in total. The van der Waals surface area contributed by atoms with Gasteiger partial charge in [-0.15, -0.1) is 0 Å². The van der Waals surface area contributed by atoms with E-state index in [4.69, 9.17) is 10.5 Å². The number of amides is 2. The summed E-state index contributed by atoms with van der Waals surface area (Å²) in [6.45, 7) is 5.69. The number of rotatable bonds is 5. The van der Waals surface area contributed by atoms with Crippen molar-refractivity contribution < 1.29 is 14.3 Å². The molecule has 0 bridgehead atoms. The lowest BCUT2D eigenvalue weighted by Crippen LogP contribution is -2.53. The molecule has 1 saturated carbocycles. The van der Waals surface area contributed by atoms with Crippen LogP contribution >= 0.6 is 0 Å². The van der Waals surface area contributed by atoms with E-state index in [9.17, 15) is 9.59 Å². The number of nitrogens with two attached hydrogens (primary N) is 1. The quantitative estimate of drug-likeness (QED) is 0.720. The van der Waals surface area contributed by atoms with Gasteiger partial charge < -0.3 is 25.2 Å². The molecular weight excluding hydrogens is 346 g/mol. The first-order valence-electron chi connectivity index (χ1n) is 10.3. The van der Waals surface area contributed by atoms with Crippen molar-refractivity contribution in [2.45, 2.75) is 49.3 Å². The number of likely N-dealkylation sites (tertiary alicyclic amines) is 2. The number of carbonyl (C=O) groups excluding carboxylic acids is 2. The van der Waals surface area contributed by atoms with Crippen LogP contribution in [-0.4, -0.2) is 109 Å². The summed E-state index contributed by atoms with van der Waals surface area (Å²) < 4.78 is 5.80. The van der Waals surface area contributed by atoms with Crippen molar-refractivity contribution in [3.05, 3.63) is 0 Å². The standard InChI is InChI=1S/C19H33N5O3/c1-21(2)15-3-8-22(13-15)11-12-24-14-18(27-17(24)26)6-9-23(10-7-18)16(25)19(20)4-5-19/h15H,3-14,20H2,1-2H3/t15-/m0/s1. The van der Waals surface area contributed by atoms with Crippen LogP contribution in [0, 0.1) is 0 Å². The molecule has 27 heavy (non-hydrogen) atoms. The normalized spacial score (nSPS) is 29.6. The smallest absolute Gasteiger partial charge is 0.410 e. The largest absolute Gasteiger partial charge is 0.441 e. The van der Waals surface area contributed by atoms with E-state index in [1.54, 1.807) is 0 Å². The lowest BCUT2D eigenvalue weighted by molar-refractivity contribution is -0.137. The van der Waals surface area contributed by atoms with E-state index in [2.05, 4.69) is 23.9 Å². The van der Waals surface area contributed by atoms with Gasteiger partial charge in [0, 0.05) is 51.6 Å². The number of hydrogen-bond acceptors (Lipinski definition) is 6. The summed E-state index contributed by atoms with van der Waals surface area (Å²) in [6.07, 6.45) is 4.00. The Balaban J connectivity index is 1.25. The Morgan fingerprint density at radius 1 is 1.19 bits per heavy atom. The molecule has 0 aromatic heterocycles. The van der Waals surface area contributed by atoms with Crippen LogP contribution < -0.4 is 5.73 Å². The Kier molecular flexibility index (Phi) is 4.84. The SMILES string of the molecule is CN(C)[C@H]1CCN(CCN2CC3(CCN(C(=O)C4(N)CC4)CC3)OC2=O)C1. The van der Waals surface area contributed by atoms with Gasteiger partial charge in [-0.3, -0.25) is 9.69 Å². The minimum Gasteiger partial charge on any atom is -0.441 e. The third-order valence-corrected chi connectivity index (χ3v) is 6.88. The zero-order chi connectivity index (χ0) is 19.2. The van der Waals surface area contributed by atoms with Gasteiger partial charge in [-0.1, -0.05) is 0 Å². The molecule has 152 valence electrons. The van der Waals surface area contributed by atoms with E-state index in [0.29, 0.717) is 38.5 Å². The summed E-state index contributed by atoms with van der Waals surface area (Å²) in [5.41, 5.74) is 5.02. The van der Waals surface area contributed by atoms with E-state index in [1.165, 1.54) is 6.42 Å². The van der Waals surface area contributed by atoms with Gasteiger partial charge in [-0.05, 0) is 39.9 Å². The van der Waals surface area contributed by atoms with Gasteiger partial charge in [-0.25, -0.2) is 4.79 Å². The molecule has 0 aromatic carbocycles. The first-order valence-corrected chi connectivity index (χ1v) is 10.3. The van der Waals surface area contributed by atoms with Crippen molar-refractivity contribution in [2.75, 3.05) is 59.9 Å². The summed E-state index contributed by atoms with van der Waals surface area (Å²) in [5.74, 6) is 0.0722. The van der Waals surface area contributed by atoms with Crippen molar-refractivity contribution in [1.82, 2.24) is 19.6 Å². The number of likely N-dealkylation sites (N-methyl/N-ethyl adjacent to an activating group) is 1. The predicted molar refractivity (Wildman–Crippen MR) is 101 cm³/mol. The molecule has 1 spiro atoms. The van der Waals surface area contributed by atoms with Crippen LogP contribution in [0.25, 0.3) is 0 Å². The molecular formula is C19H33N5O3. The second kappa shape index (κ2) is 6.90. The number of piperidine rings is 1. The molecule has 2 amide bonds. The summed E-state index contributed by atoms with van der Waals surface area (Å²) in [6, 6.07) is 0.612. The van der Waals surface area contributed by atoms with Crippen molar-refractivity contribution in [3.8, 4) is 0 Å². The van der Waals surface area contributed by atoms with Crippen LogP contribution in [0.4, 0.5) is 4.79 Å². The molecule has 4 fully saturated rings. The third kappa shape index (κ3) is 3.79. The maximum atomic E-state index is 12.4. The fourth-order valence-electron chi connectivity index (χ4n) is 4.60. The second-order valence-corrected chi connectivity index (χ2v) is 9.13. The molecule has 3 saturated heterocycles. The van der Waals surface area contributed by atoms with Gasteiger partial charge in [0.05, 0.1) is 12.1 Å². The third-order valence-electron chi connectivity index (χ3n) is 6.88. The van der Waals surface area contributed by atoms with Gasteiger partial charge in [0.1, 0.15) is 5.60 Å². The molecule has 0 radical (unpaired) electrons. The topological polar surface area (TPSA) is 82.3 Å². The lowest BCUT2D eigenvalue weighted by Gasteiger charge is -2.38. The van der Waals surface area contributed by atoms with Crippen LogP contribution in [0.1, 0.15) is 32.1 Å². The average Bonchev–Trinajstić information content (AvgIpc) is 3.09. The Morgan fingerprint density at radius 3 is 2.48 bits per heavy atom. The lowest BCUT2D eigenvalue weighted by atomic mass is 9.91. The minimum atomic E-state index is -0.608. The molecule has 8 heteroatoms. The van der Waals surface area contributed by atoms with Crippen LogP contribution in [0.5, 0.6) is 0 Å². The zero-order valence-corrected chi connectivity index (χ0v) is 16.7. The number of nitrogens with zero attached hydrogens (tertiary/aromatic N) is 4. The van der Waals surface area contributed by atoms with Crippen LogP contribution in [-0.2, 0) is 9.53 Å². The maximum absolute atomic E-state index is 12.4. The van der Waals surface area contributed by atoms with Gasteiger partial charge in [0.2, 0.25) is 5.91 Å².